The first kappa shape index (κ1) is 11.4. The van der Waals surface area contributed by atoms with Gasteiger partial charge in [-0.2, -0.15) is 5.10 Å². The summed E-state index contributed by atoms with van der Waals surface area (Å²) < 4.78 is 4.92. The summed E-state index contributed by atoms with van der Waals surface area (Å²) in [6, 6.07) is 4.90. The molecule has 17 heavy (non-hydrogen) atoms. The number of rotatable bonds is 4. The van der Waals surface area contributed by atoms with E-state index in [1.165, 1.54) is 19.4 Å². The van der Waals surface area contributed by atoms with Crippen molar-refractivity contribution in [2.45, 2.75) is 12.8 Å². The van der Waals surface area contributed by atoms with Gasteiger partial charge in [-0.05, 0) is 36.6 Å². The SMILES string of the molecule is COc1ccc(/C=N\NC(=O)C2CC2)cc1O. The molecular weight excluding hydrogens is 220 g/mol. The number of aromatic hydroxyl groups is 1. The molecule has 1 fully saturated rings. The van der Waals surface area contributed by atoms with Crippen molar-refractivity contribution in [3.8, 4) is 11.5 Å². The van der Waals surface area contributed by atoms with Crippen LogP contribution in [-0.2, 0) is 4.79 Å². The highest BCUT2D eigenvalue weighted by Crippen LogP contribution is 2.28. The maximum absolute atomic E-state index is 11.3. The largest absolute Gasteiger partial charge is 0.504 e. The van der Waals surface area contributed by atoms with Gasteiger partial charge in [0.05, 0.1) is 13.3 Å². The van der Waals surface area contributed by atoms with Crippen molar-refractivity contribution < 1.29 is 14.6 Å². The quantitative estimate of drug-likeness (QED) is 0.608. The molecule has 1 aromatic rings. The predicted molar refractivity (Wildman–Crippen MR) is 63.1 cm³/mol. The zero-order valence-electron chi connectivity index (χ0n) is 9.51. The van der Waals surface area contributed by atoms with Gasteiger partial charge in [0.25, 0.3) is 0 Å². The molecule has 0 spiro atoms. The first-order chi connectivity index (χ1) is 8.20. The summed E-state index contributed by atoms with van der Waals surface area (Å²) in [4.78, 5) is 11.3. The fourth-order valence-electron chi connectivity index (χ4n) is 1.39. The number of nitrogens with one attached hydrogen (secondary N) is 1. The van der Waals surface area contributed by atoms with Gasteiger partial charge in [-0.1, -0.05) is 0 Å². The highest BCUT2D eigenvalue weighted by atomic mass is 16.5. The number of amides is 1. The molecular formula is C12H14N2O3. The molecule has 0 radical (unpaired) electrons. The first-order valence-electron chi connectivity index (χ1n) is 5.40. The summed E-state index contributed by atoms with van der Waals surface area (Å²) in [5.41, 5.74) is 3.15. The molecule has 1 aliphatic rings. The second-order valence-electron chi connectivity index (χ2n) is 3.94. The van der Waals surface area contributed by atoms with Crippen LogP contribution in [0.25, 0.3) is 0 Å². The van der Waals surface area contributed by atoms with Crippen LogP contribution in [0.1, 0.15) is 18.4 Å². The van der Waals surface area contributed by atoms with Crippen LogP contribution in [0.3, 0.4) is 0 Å². The van der Waals surface area contributed by atoms with E-state index < -0.39 is 0 Å². The highest BCUT2D eigenvalue weighted by molar-refractivity contribution is 5.84. The van der Waals surface area contributed by atoms with E-state index in [-0.39, 0.29) is 17.6 Å². The van der Waals surface area contributed by atoms with Crippen LogP contribution in [-0.4, -0.2) is 24.3 Å². The fraction of sp³-hybridized carbons (Fsp3) is 0.333. The van der Waals surface area contributed by atoms with E-state index in [2.05, 4.69) is 10.5 Å². The number of phenolic OH excluding ortho intramolecular Hbond substituents is 1. The molecule has 0 unspecified atom stereocenters. The lowest BCUT2D eigenvalue weighted by Gasteiger charge is -2.03. The number of nitrogens with zero attached hydrogens (tertiary/aromatic N) is 1. The molecule has 0 saturated heterocycles. The Hall–Kier alpha value is -2.04. The van der Waals surface area contributed by atoms with E-state index >= 15 is 0 Å². The van der Waals surface area contributed by atoms with Crippen LogP contribution in [0.15, 0.2) is 23.3 Å². The summed E-state index contributed by atoms with van der Waals surface area (Å²) in [6.45, 7) is 0. The maximum atomic E-state index is 11.3. The van der Waals surface area contributed by atoms with Gasteiger partial charge in [-0.25, -0.2) is 5.43 Å². The van der Waals surface area contributed by atoms with Gasteiger partial charge >= 0.3 is 0 Å². The number of ether oxygens (including phenoxy) is 1. The lowest BCUT2D eigenvalue weighted by molar-refractivity contribution is -0.122. The third kappa shape index (κ3) is 2.96. The molecule has 1 saturated carbocycles. The van der Waals surface area contributed by atoms with Crippen LogP contribution in [0.5, 0.6) is 11.5 Å². The van der Waals surface area contributed by atoms with E-state index in [4.69, 9.17) is 4.74 Å². The second kappa shape index (κ2) is 4.86. The zero-order valence-corrected chi connectivity index (χ0v) is 9.51. The molecule has 1 aliphatic carbocycles. The number of hydrogen-bond acceptors (Lipinski definition) is 4. The highest BCUT2D eigenvalue weighted by Gasteiger charge is 2.29. The minimum atomic E-state index is -0.0426. The minimum Gasteiger partial charge on any atom is -0.504 e. The number of hydrogen-bond donors (Lipinski definition) is 2. The van der Waals surface area contributed by atoms with Gasteiger partial charge in [0.1, 0.15) is 0 Å². The number of benzene rings is 1. The average Bonchev–Trinajstić information content (AvgIpc) is 3.13. The van der Waals surface area contributed by atoms with Crippen molar-refractivity contribution >= 4 is 12.1 Å². The molecule has 0 heterocycles. The van der Waals surface area contributed by atoms with E-state index in [1.807, 2.05) is 0 Å². The standard InChI is InChI=1S/C12H14N2O3/c1-17-11-5-2-8(6-10(11)15)7-13-14-12(16)9-3-4-9/h2,5-7,9,15H,3-4H2,1H3,(H,14,16)/b13-7-. The first-order valence-corrected chi connectivity index (χ1v) is 5.40. The topological polar surface area (TPSA) is 70.9 Å². The van der Waals surface area contributed by atoms with E-state index in [0.717, 1.165) is 12.8 Å². The van der Waals surface area contributed by atoms with Gasteiger partial charge in [-0.15, -0.1) is 0 Å². The molecule has 0 aromatic heterocycles. The van der Waals surface area contributed by atoms with Crippen molar-refractivity contribution in [2.24, 2.45) is 11.0 Å². The van der Waals surface area contributed by atoms with Crippen molar-refractivity contribution in [3.05, 3.63) is 23.8 Å². The summed E-state index contributed by atoms with van der Waals surface area (Å²) in [6.07, 6.45) is 3.38. The summed E-state index contributed by atoms with van der Waals surface area (Å²) in [5, 5.41) is 13.3. The van der Waals surface area contributed by atoms with Crippen LogP contribution in [0.2, 0.25) is 0 Å². The number of carbonyl (C=O) groups is 1. The Morgan fingerprint density at radius 2 is 2.35 bits per heavy atom. The Bertz CT molecular complexity index is 453. The molecule has 0 atom stereocenters. The Morgan fingerprint density at radius 1 is 1.59 bits per heavy atom. The molecule has 1 amide bonds. The molecule has 90 valence electrons. The molecule has 0 aliphatic heterocycles. The molecule has 2 rings (SSSR count). The summed E-state index contributed by atoms with van der Waals surface area (Å²) in [7, 11) is 1.48. The number of phenols is 1. The molecule has 2 N–H and O–H groups in total. The van der Waals surface area contributed by atoms with Gasteiger partial charge in [0.15, 0.2) is 11.5 Å². The summed E-state index contributed by atoms with van der Waals surface area (Å²) >= 11 is 0. The zero-order chi connectivity index (χ0) is 12.3. The number of methoxy groups -OCH3 is 1. The van der Waals surface area contributed by atoms with E-state index in [9.17, 15) is 9.90 Å². The van der Waals surface area contributed by atoms with Gasteiger partial charge < -0.3 is 9.84 Å². The van der Waals surface area contributed by atoms with Crippen molar-refractivity contribution in [2.75, 3.05) is 7.11 Å². The molecule has 5 heteroatoms. The third-order valence-electron chi connectivity index (χ3n) is 2.54. The van der Waals surface area contributed by atoms with Crippen molar-refractivity contribution in [1.29, 1.82) is 0 Å². The Morgan fingerprint density at radius 3 is 2.94 bits per heavy atom. The normalized spacial score (nSPS) is 14.9. The fourth-order valence-corrected chi connectivity index (χ4v) is 1.39. The third-order valence-corrected chi connectivity index (χ3v) is 2.54. The Kier molecular flexibility index (Phi) is 3.27. The lowest BCUT2D eigenvalue weighted by atomic mass is 10.2. The van der Waals surface area contributed by atoms with Crippen molar-refractivity contribution in [3.63, 3.8) is 0 Å². The second-order valence-corrected chi connectivity index (χ2v) is 3.94. The van der Waals surface area contributed by atoms with Gasteiger partial charge in [0, 0.05) is 5.92 Å². The van der Waals surface area contributed by atoms with Crippen LogP contribution in [0.4, 0.5) is 0 Å². The number of hydrazone groups is 1. The van der Waals surface area contributed by atoms with E-state index in [1.54, 1.807) is 12.1 Å². The monoisotopic (exact) mass is 234 g/mol. The number of carbonyl (C=O) groups excluding carboxylic acids is 1. The molecule has 0 bridgehead atoms. The lowest BCUT2D eigenvalue weighted by Crippen LogP contribution is -2.18. The van der Waals surface area contributed by atoms with Crippen LogP contribution < -0.4 is 10.2 Å². The predicted octanol–water partition coefficient (Wildman–Crippen LogP) is 1.26. The van der Waals surface area contributed by atoms with Crippen molar-refractivity contribution in [1.82, 2.24) is 5.43 Å². The maximum Gasteiger partial charge on any atom is 0.243 e. The van der Waals surface area contributed by atoms with E-state index in [0.29, 0.717) is 11.3 Å². The van der Waals surface area contributed by atoms with Gasteiger partial charge in [-0.3, -0.25) is 4.79 Å². The molecule has 5 nitrogen and oxygen atoms in total. The molecule has 1 aromatic carbocycles. The van der Waals surface area contributed by atoms with Gasteiger partial charge in [0.2, 0.25) is 5.91 Å². The average molecular weight is 234 g/mol. The van der Waals surface area contributed by atoms with Crippen LogP contribution in [0, 0.1) is 5.92 Å². The minimum absolute atomic E-state index is 0.0426. The van der Waals surface area contributed by atoms with Crippen LogP contribution >= 0.6 is 0 Å². The Balaban J connectivity index is 1.95. The summed E-state index contributed by atoms with van der Waals surface area (Å²) in [5.74, 6) is 0.546. The Labute approximate surface area is 99.1 Å². The smallest absolute Gasteiger partial charge is 0.243 e.